The van der Waals surface area contributed by atoms with Gasteiger partial charge in [0.15, 0.2) is 13.1 Å². The van der Waals surface area contributed by atoms with Crippen LogP contribution in [0.3, 0.4) is 0 Å². The fourth-order valence-electron chi connectivity index (χ4n) is 5.49. The van der Waals surface area contributed by atoms with Crippen LogP contribution in [0.15, 0.2) is 47.5 Å². The first-order valence-electron chi connectivity index (χ1n) is 12.5. The van der Waals surface area contributed by atoms with E-state index in [1.807, 2.05) is 12.3 Å². The molecule has 0 aromatic carbocycles. The minimum Gasteiger partial charge on any atom is -0.276 e. The van der Waals surface area contributed by atoms with E-state index in [-0.39, 0.29) is 5.92 Å². The van der Waals surface area contributed by atoms with Crippen LogP contribution in [-0.4, -0.2) is 27.9 Å². The van der Waals surface area contributed by atoms with E-state index in [4.69, 9.17) is 10.1 Å². The second kappa shape index (κ2) is 10.4. The minimum atomic E-state index is 0.271. The molecule has 1 radical (unpaired) electrons. The number of hydrogen-bond donors (Lipinski definition) is 1. The summed E-state index contributed by atoms with van der Waals surface area (Å²) in [5.74, 6) is 1.71. The monoisotopic (exact) mass is 426 g/mol. The van der Waals surface area contributed by atoms with Gasteiger partial charge in [-0.3, -0.25) is 10.4 Å². The Morgan fingerprint density at radius 3 is 2.31 bits per heavy atom. The van der Waals surface area contributed by atoms with Crippen molar-refractivity contribution >= 4 is 24.2 Å². The van der Waals surface area contributed by atoms with Crippen molar-refractivity contribution in [3.63, 3.8) is 0 Å². The summed E-state index contributed by atoms with van der Waals surface area (Å²) in [4.78, 5) is 13.9. The van der Waals surface area contributed by atoms with E-state index in [0.29, 0.717) is 5.82 Å². The van der Waals surface area contributed by atoms with E-state index in [2.05, 4.69) is 34.8 Å². The maximum Gasteiger partial charge on any atom is 0.176 e. The minimum absolute atomic E-state index is 0.271. The highest BCUT2D eigenvalue weighted by molar-refractivity contribution is 6.54. The van der Waals surface area contributed by atoms with Crippen LogP contribution in [0.5, 0.6) is 0 Å². The average Bonchev–Trinajstić information content (AvgIpc) is 3.09. The number of fused-ring (bicyclic) bond motifs is 1. The van der Waals surface area contributed by atoms with Crippen LogP contribution in [0.4, 0.5) is 0 Å². The lowest BCUT2D eigenvalue weighted by Crippen LogP contribution is -2.31. The summed E-state index contributed by atoms with van der Waals surface area (Å²) < 4.78 is 0. The molecule has 2 fully saturated rings. The number of allylic oxidation sites excluding steroid dienone is 1. The third kappa shape index (κ3) is 4.95. The fourth-order valence-corrected chi connectivity index (χ4v) is 5.49. The number of nitrogens with zero attached hydrogens (tertiary/aromatic N) is 4. The van der Waals surface area contributed by atoms with E-state index in [0.717, 1.165) is 35.8 Å². The number of rotatable bonds is 4. The lowest BCUT2D eigenvalue weighted by molar-refractivity contribution is 0.520. The van der Waals surface area contributed by atoms with E-state index in [9.17, 15) is 0 Å². The van der Waals surface area contributed by atoms with Gasteiger partial charge >= 0.3 is 0 Å². The maximum atomic E-state index is 4.88. The van der Waals surface area contributed by atoms with Gasteiger partial charge in [0.25, 0.3) is 0 Å². The first-order chi connectivity index (χ1) is 15.9. The van der Waals surface area contributed by atoms with Gasteiger partial charge in [-0.1, -0.05) is 75.1 Å². The van der Waals surface area contributed by atoms with Crippen LogP contribution < -0.4 is 10.9 Å². The lowest BCUT2D eigenvalue weighted by Gasteiger charge is -2.30. The van der Waals surface area contributed by atoms with Gasteiger partial charge in [-0.2, -0.15) is 5.10 Å². The second-order valence-corrected chi connectivity index (χ2v) is 9.48. The summed E-state index contributed by atoms with van der Waals surface area (Å²) in [6.07, 6.45) is 21.0. The molecule has 1 N–H and O–H groups in total. The predicted octanol–water partition coefficient (Wildman–Crippen LogP) is 5.03. The Hall–Kier alpha value is -2.50. The Morgan fingerprint density at radius 1 is 0.812 bits per heavy atom. The quantitative estimate of drug-likeness (QED) is 0.550. The van der Waals surface area contributed by atoms with Gasteiger partial charge < -0.3 is 0 Å². The summed E-state index contributed by atoms with van der Waals surface area (Å²) in [5, 5.41) is 4.78. The van der Waals surface area contributed by atoms with Crippen LogP contribution >= 0.6 is 0 Å². The van der Waals surface area contributed by atoms with Gasteiger partial charge in [-0.05, 0) is 37.0 Å². The van der Waals surface area contributed by atoms with Crippen molar-refractivity contribution < 1.29 is 0 Å². The molecule has 2 aliphatic carbocycles. The Bertz CT molecular complexity index is 946. The first kappa shape index (κ1) is 21.4. The van der Waals surface area contributed by atoms with Gasteiger partial charge in [0.1, 0.15) is 5.71 Å². The Kier molecular flexibility index (Phi) is 6.95. The van der Waals surface area contributed by atoms with E-state index < -0.39 is 0 Å². The molecule has 5 nitrogen and oxygen atoms in total. The molecule has 3 heterocycles. The fraction of sp³-hybridized carbons (Fsp3) is 0.538. The lowest BCUT2D eigenvalue weighted by atomic mass is 9.57. The summed E-state index contributed by atoms with van der Waals surface area (Å²) in [5.41, 5.74) is 9.10. The van der Waals surface area contributed by atoms with Crippen molar-refractivity contribution in [2.75, 3.05) is 0 Å². The number of hydrogen-bond acceptors (Lipinski definition) is 5. The van der Waals surface area contributed by atoms with Crippen molar-refractivity contribution in [1.29, 1.82) is 0 Å². The van der Waals surface area contributed by atoms with Crippen LogP contribution in [0, 0.1) is 5.92 Å². The molecule has 1 unspecified atom stereocenters. The third-order valence-corrected chi connectivity index (χ3v) is 7.21. The number of pyridine rings is 1. The smallest absolute Gasteiger partial charge is 0.176 e. The molecule has 3 aliphatic rings. The van der Waals surface area contributed by atoms with Crippen LogP contribution in [-0.2, 0) is 0 Å². The Labute approximate surface area is 192 Å². The molecule has 0 amide bonds. The zero-order valence-corrected chi connectivity index (χ0v) is 19.0. The zero-order valence-electron chi connectivity index (χ0n) is 19.0. The highest BCUT2D eigenvalue weighted by atomic mass is 15.3. The SMILES string of the molecule is [B](c1ccc(C2=C3CCCCCCC3C(c3ncccn3)=NN2)nc1)C1CCCCCC1. The predicted molar refractivity (Wildman–Crippen MR) is 131 cm³/mol. The molecule has 165 valence electrons. The van der Waals surface area contributed by atoms with Crippen molar-refractivity contribution in [3.05, 3.63) is 53.9 Å². The Balaban J connectivity index is 1.39. The normalized spacial score (nSPS) is 22.6. The molecule has 0 saturated heterocycles. The molecule has 0 bridgehead atoms. The topological polar surface area (TPSA) is 63.1 Å². The van der Waals surface area contributed by atoms with Gasteiger partial charge in [0.2, 0.25) is 0 Å². The van der Waals surface area contributed by atoms with Crippen LogP contribution in [0.2, 0.25) is 5.82 Å². The first-order valence-corrected chi connectivity index (χ1v) is 12.5. The summed E-state index contributed by atoms with van der Waals surface area (Å²) in [6, 6.07) is 6.27. The highest BCUT2D eigenvalue weighted by Crippen LogP contribution is 2.36. The number of aromatic nitrogens is 3. The molecular formula is C26H33BN5. The second-order valence-electron chi connectivity index (χ2n) is 9.48. The van der Waals surface area contributed by atoms with Crippen molar-refractivity contribution in [3.8, 4) is 0 Å². The van der Waals surface area contributed by atoms with Gasteiger partial charge in [-0.25, -0.2) is 9.97 Å². The molecule has 0 spiro atoms. The molecule has 2 aromatic heterocycles. The average molecular weight is 426 g/mol. The molecule has 2 aromatic rings. The van der Waals surface area contributed by atoms with Gasteiger partial charge in [-0.15, -0.1) is 0 Å². The van der Waals surface area contributed by atoms with Crippen molar-refractivity contribution in [2.45, 2.75) is 82.9 Å². The van der Waals surface area contributed by atoms with Gasteiger partial charge in [0.05, 0.1) is 11.4 Å². The van der Waals surface area contributed by atoms with Crippen LogP contribution in [0.1, 0.15) is 88.6 Å². The largest absolute Gasteiger partial charge is 0.276 e. The molecule has 1 atom stereocenters. The zero-order chi connectivity index (χ0) is 21.6. The summed E-state index contributed by atoms with van der Waals surface area (Å²) >= 11 is 0. The standard InChI is InChI=1S/C26H33BN5/c1-2-6-11-19(10-5-1)27-20-14-15-23(30-18-20)24-21-12-7-3-4-8-13-22(21)25(32-31-24)26-28-16-9-17-29-26/h9,14-19,22,31H,1-8,10-13H2. The molecule has 1 aliphatic heterocycles. The molecule has 2 saturated carbocycles. The van der Waals surface area contributed by atoms with E-state index in [1.54, 1.807) is 12.4 Å². The summed E-state index contributed by atoms with van der Waals surface area (Å²) in [7, 11) is 2.44. The van der Waals surface area contributed by atoms with E-state index >= 15 is 0 Å². The summed E-state index contributed by atoms with van der Waals surface area (Å²) in [6.45, 7) is 0. The molecule has 5 rings (SSSR count). The molecule has 6 heteroatoms. The molecular weight excluding hydrogens is 393 g/mol. The third-order valence-electron chi connectivity index (χ3n) is 7.21. The van der Waals surface area contributed by atoms with Gasteiger partial charge in [0, 0.05) is 24.5 Å². The van der Waals surface area contributed by atoms with E-state index in [1.165, 1.54) is 75.2 Å². The highest BCUT2D eigenvalue weighted by Gasteiger charge is 2.31. The van der Waals surface area contributed by atoms with Crippen molar-refractivity contribution in [1.82, 2.24) is 20.4 Å². The number of nitrogens with one attached hydrogen (secondary N) is 1. The number of hydrazone groups is 1. The Morgan fingerprint density at radius 2 is 1.56 bits per heavy atom. The van der Waals surface area contributed by atoms with Crippen molar-refractivity contribution in [2.24, 2.45) is 11.0 Å². The molecule has 32 heavy (non-hydrogen) atoms. The van der Waals surface area contributed by atoms with Crippen LogP contribution in [0.25, 0.3) is 5.70 Å². The maximum absolute atomic E-state index is 4.88.